The summed E-state index contributed by atoms with van der Waals surface area (Å²) >= 11 is 1.54. The van der Waals surface area contributed by atoms with Crippen LogP contribution in [0.25, 0.3) is 0 Å². The second-order valence-corrected chi connectivity index (χ2v) is 5.74. The first-order valence-electron chi connectivity index (χ1n) is 6.22. The maximum absolute atomic E-state index is 9.30. The minimum absolute atomic E-state index is 0.101. The number of benzene rings is 1. The highest BCUT2D eigenvalue weighted by molar-refractivity contribution is 8.00. The summed E-state index contributed by atoms with van der Waals surface area (Å²) in [5.74, 6) is 0. The van der Waals surface area contributed by atoms with Crippen LogP contribution >= 0.6 is 11.8 Å². The molecule has 0 bridgehead atoms. The van der Waals surface area contributed by atoms with Crippen molar-refractivity contribution in [3.8, 4) is 6.07 Å². The molecular weight excluding hydrogens is 252 g/mol. The number of rotatable bonds is 4. The Morgan fingerprint density at radius 2 is 1.95 bits per heavy atom. The molecule has 0 saturated heterocycles. The monoisotopic (exact) mass is 268 g/mol. The third-order valence-electron chi connectivity index (χ3n) is 2.90. The van der Waals surface area contributed by atoms with E-state index in [9.17, 15) is 5.26 Å². The average molecular weight is 268 g/mol. The SMILES string of the molecule is Cc1ccc(CC(C#N)Sc2ncccc2C)cc1. The van der Waals surface area contributed by atoms with Gasteiger partial charge in [-0.1, -0.05) is 47.7 Å². The van der Waals surface area contributed by atoms with Crippen molar-refractivity contribution < 1.29 is 0 Å². The highest BCUT2D eigenvalue weighted by Crippen LogP contribution is 2.26. The number of aryl methyl sites for hydroxylation is 2. The van der Waals surface area contributed by atoms with Crippen LogP contribution < -0.4 is 0 Å². The van der Waals surface area contributed by atoms with Gasteiger partial charge >= 0.3 is 0 Å². The van der Waals surface area contributed by atoms with Crippen molar-refractivity contribution in [2.45, 2.75) is 30.5 Å². The van der Waals surface area contributed by atoms with Crippen LogP contribution in [0.15, 0.2) is 47.6 Å². The number of hydrogen-bond donors (Lipinski definition) is 0. The maximum Gasteiger partial charge on any atom is 0.102 e. The van der Waals surface area contributed by atoms with E-state index in [4.69, 9.17) is 0 Å². The predicted molar refractivity (Wildman–Crippen MR) is 79.1 cm³/mol. The van der Waals surface area contributed by atoms with Gasteiger partial charge in [0.1, 0.15) is 10.3 Å². The number of nitrogens with zero attached hydrogens (tertiary/aromatic N) is 2. The third-order valence-corrected chi connectivity index (χ3v) is 4.11. The highest BCUT2D eigenvalue weighted by atomic mass is 32.2. The van der Waals surface area contributed by atoms with E-state index in [0.717, 1.165) is 17.0 Å². The van der Waals surface area contributed by atoms with Gasteiger partial charge in [-0.2, -0.15) is 5.26 Å². The van der Waals surface area contributed by atoms with Gasteiger partial charge in [0.15, 0.2) is 0 Å². The molecule has 0 amide bonds. The third kappa shape index (κ3) is 3.84. The Bertz CT molecular complexity index is 584. The fraction of sp³-hybridized carbons (Fsp3) is 0.250. The summed E-state index contributed by atoms with van der Waals surface area (Å²) in [7, 11) is 0. The first-order chi connectivity index (χ1) is 9.19. The van der Waals surface area contributed by atoms with Crippen LogP contribution in [0.2, 0.25) is 0 Å². The van der Waals surface area contributed by atoms with E-state index < -0.39 is 0 Å². The Hall–Kier alpha value is -1.79. The van der Waals surface area contributed by atoms with E-state index in [-0.39, 0.29) is 5.25 Å². The molecule has 2 nitrogen and oxygen atoms in total. The molecule has 1 heterocycles. The molecule has 0 aliphatic carbocycles. The van der Waals surface area contributed by atoms with Crippen molar-refractivity contribution in [3.63, 3.8) is 0 Å². The fourth-order valence-corrected chi connectivity index (χ4v) is 2.75. The van der Waals surface area contributed by atoms with Crippen LogP contribution in [0.1, 0.15) is 16.7 Å². The topological polar surface area (TPSA) is 36.7 Å². The first-order valence-corrected chi connectivity index (χ1v) is 7.10. The van der Waals surface area contributed by atoms with Crippen LogP contribution in [0.4, 0.5) is 0 Å². The molecule has 3 heteroatoms. The number of thioether (sulfide) groups is 1. The lowest BCUT2D eigenvalue weighted by Gasteiger charge is -2.10. The molecule has 2 aromatic rings. The Labute approximate surface area is 118 Å². The fourth-order valence-electron chi connectivity index (χ4n) is 1.78. The Morgan fingerprint density at radius 3 is 2.58 bits per heavy atom. The van der Waals surface area contributed by atoms with Crippen LogP contribution in [0.3, 0.4) is 0 Å². The molecule has 96 valence electrons. The maximum atomic E-state index is 9.30. The van der Waals surface area contributed by atoms with Gasteiger partial charge in [-0.25, -0.2) is 4.98 Å². The van der Waals surface area contributed by atoms with Crippen molar-refractivity contribution in [3.05, 3.63) is 59.3 Å². The molecule has 0 aliphatic heterocycles. The Kier molecular flexibility index (Phi) is 4.59. The molecule has 0 aliphatic rings. The zero-order valence-corrected chi connectivity index (χ0v) is 11.9. The van der Waals surface area contributed by atoms with E-state index in [1.54, 1.807) is 18.0 Å². The van der Waals surface area contributed by atoms with E-state index in [2.05, 4.69) is 42.2 Å². The smallest absolute Gasteiger partial charge is 0.102 e. The molecule has 19 heavy (non-hydrogen) atoms. The van der Waals surface area contributed by atoms with Crippen molar-refractivity contribution in [2.75, 3.05) is 0 Å². The van der Waals surface area contributed by atoms with Gasteiger partial charge in [0.25, 0.3) is 0 Å². The van der Waals surface area contributed by atoms with Crippen molar-refractivity contribution in [1.82, 2.24) is 4.98 Å². The van der Waals surface area contributed by atoms with Crippen molar-refractivity contribution in [2.24, 2.45) is 0 Å². The van der Waals surface area contributed by atoms with Crippen LogP contribution in [0.5, 0.6) is 0 Å². The normalized spacial score (nSPS) is 11.8. The van der Waals surface area contributed by atoms with Crippen molar-refractivity contribution >= 4 is 11.8 Å². The molecule has 0 radical (unpaired) electrons. The second-order valence-electron chi connectivity index (χ2n) is 4.55. The second kappa shape index (κ2) is 6.40. The summed E-state index contributed by atoms with van der Waals surface area (Å²) in [6.07, 6.45) is 2.52. The zero-order valence-electron chi connectivity index (χ0n) is 11.1. The van der Waals surface area contributed by atoms with Crippen LogP contribution in [-0.2, 0) is 6.42 Å². The van der Waals surface area contributed by atoms with Gasteiger partial charge in [0, 0.05) is 6.20 Å². The highest BCUT2D eigenvalue weighted by Gasteiger charge is 2.12. The lowest BCUT2D eigenvalue weighted by Crippen LogP contribution is -2.05. The largest absolute Gasteiger partial charge is 0.250 e. The van der Waals surface area contributed by atoms with Crippen molar-refractivity contribution in [1.29, 1.82) is 5.26 Å². The standard InChI is InChI=1S/C16H16N2S/c1-12-5-7-14(8-6-12)10-15(11-17)19-16-13(2)4-3-9-18-16/h3-9,15H,10H2,1-2H3. The molecular formula is C16H16N2S. The van der Waals surface area contributed by atoms with E-state index in [1.807, 2.05) is 19.1 Å². The molecule has 0 saturated carbocycles. The molecule has 0 fully saturated rings. The summed E-state index contributed by atoms with van der Waals surface area (Å²) in [6.45, 7) is 4.09. The molecule has 1 aromatic heterocycles. The molecule has 1 unspecified atom stereocenters. The Morgan fingerprint density at radius 1 is 1.21 bits per heavy atom. The van der Waals surface area contributed by atoms with E-state index in [0.29, 0.717) is 0 Å². The molecule has 1 atom stereocenters. The summed E-state index contributed by atoms with van der Waals surface area (Å²) in [6, 6.07) is 14.6. The summed E-state index contributed by atoms with van der Waals surface area (Å²) < 4.78 is 0. The summed E-state index contributed by atoms with van der Waals surface area (Å²) in [5.41, 5.74) is 3.56. The predicted octanol–water partition coefficient (Wildman–Crippen LogP) is 3.93. The minimum Gasteiger partial charge on any atom is -0.250 e. The number of pyridine rings is 1. The molecule has 2 rings (SSSR count). The Balaban J connectivity index is 2.07. The van der Waals surface area contributed by atoms with Gasteiger partial charge in [0.2, 0.25) is 0 Å². The molecule has 1 aromatic carbocycles. The number of hydrogen-bond acceptors (Lipinski definition) is 3. The lowest BCUT2D eigenvalue weighted by molar-refractivity contribution is 1.00. The number of nitriles is 1. The summed E-state index contributed by atoms with van der Waals surface area (Å²) in [5, 5.41) is 10.1. The molecule has 0 N–H and O–H groups in total. The van der Waals surface area contributed by atoms with Gasteiger partial charge in [0.05, 0.1) is 6.07 Å². The quantitative estimate of drug-likeness (QED) is 0.788. The van der Waals surface area contributed by atoms with Gasteiger partial charge in [-0.3, -0.25) is 0 Å². The lowest BCUT2D eigenvalue weighted by atomic mass is 10.1. The van der Waals surface area contributed by atoms with Gasteiger partial charge in [-0.05, 0) is 37.5 Å². The van der Waals surface area contributed by atoms with E-state index in [1.165, 1.54) is 11.1 Å². The summed E-state index contributed by atoms with van der Waals surface area (Å²) in [4.78, 5) is 4.33. The van der Waals surface area contributed by atoms with Gasteiger partial charge < -0.3 is 0 Å². The minimum atomic E-state index is -0.101. The average Bonchev–Trinajstić information content (AvgIpc) is 2.43. The zero-order chi connectivity index (χ0) is 13.7. The van der Waals surface area contributed by atoms with E-state index >= 15 is 0 Å². The van der Waals surface area contributed by atoms with Crippen LogP contribution in [-0.4, -0.2) is 10.2 Å². The van der Waals surface area contributed by atoms with Crippen LogP contribution in [0, 0.1) is 25.2 Å². The van der Waals surface area contributed by atoms with Gasteiger partial charge in [-0.15, -0.1) is 0 Å². The first kappa shape index (κ1) is 13.6. The molecule has 0 spiro atoms. The number of aromatic nitrogens is 1.